The van der Waals surface area contributed by atoms with Crippen LogP contribution in [0.3, 0.4) is 0 Å². The van der Waals surface area contributed by atoms with Crippen molar-refractivity contribution in [3.05, 3.63) is 48.5 Å². The van der Waals surface area contributed by atoms with Gasteiger partial charge in [0, 0.05) is 38.6 Å². The van der Waals surface area contributed by atoms with Gasteiger partial charge in [-0.3, -0.25) is 0 Å². The second-order valence-electron chi connectivity index (χ2n) is 5.62. The summed E-state index contributed by atoms with van der Waals surface area (Å²) in [5, 5.41) is 0. The van der Waals surface area contributed by atoms with Crippen LogP contribution in [0.1, 0.15) is 0 Å². The molecule has 0 fully saturated rings. The maximum atomic E-state index is 12.6. The number of rotatable bonds is 6. The zero-order chi connectivity index (χ0) is 22.7. The van der Waals surface area contributed by atoms with E-state index in [1.54, 1.807) is 19.0 Å². The van der Waals surface area contributed by atoms with Crippen molar-refractivity contribution in [3.8, 4) is 0 Å². The van der Waals surface area contributed by atoms with E-state index in [-0.39, 0.29) is 9.88 Å². The molecule has 0 saturated heterocycles. The van der Waals surface area contributed by atoms with Gasteiger partial charge in [-0.15, -0.1) is 0 Å². The lowest BCUT2D eigenvalue weighted by Gasteiger charge is -2.22. The van der Waals surface area contributed by atoms with Crippen molar-refractivity contribution in [1.29, 1.82) is 0 Å². The van der Waals surface area contributed by atoms with Gasteiger partial charge in [0.15, 0.2) is 0 Å². The summed E-state index contributed by atoms with van der Waals surface area (Å²) in [7, 11) is -8.29. The molecule has 0 aromatic rings. The van der Waals surface area contributed by atoms with Crippen molar-refractivity contribution in [1.82, 2.24) is 9.21 Å². The molecule has 0 amide bonds. The Bertz CT molecular complexity index is 944. The minimum Gasteiger partial charge on any atom is -0.383 e. The maximum Gasteiger partial charge on any atom is 0.518 e. The van der Waals surface area contributed by atoms with E-state index in [1.165, 1.54) is 18.4 Å². The SMILES string of the molecule is CN(C)/C=C/C=C(/C=NS(=O)(=O)C(F)(F)F)C1C=CN(S(=O)(=O)C(F)(F)F)C=C1. The molecule has 1 aliphatic heterocycles. The second-order valence-corrected chi connectivity index (χ2v) is 9.08. The third-order valence-corrected chi connectivity index (χ3v) is 5.49. The Balaban J connectivity index is 3.25. The van der Waals surface area contributed by atoms with Gasteiger partial charge in [-0.05, 0) is 17.8 Å². The Labute approximate surface area is 163 Å². The fourth-order valence-electron chi connectivity index (χ4n) is 1.73. The van der Waals surface area contributed by atoms with Gasteiger partial charge in [-0.2, -0.15) is 47.6 Å². The van der Waals surface area contributed by atoms with Gasteiger partial charge in [0.05, 0.1) is 0 Å². The third kappa shape index (κ3) is 6.35. The quantitative estimate of drug-likeness (QED) is 0.341. The van der Waals surface area contributed by atoms with Crippen LogP contribution in [-0.4, -0.2) is 57.4 Å². The van der Waals surface area contributed by atoms with E-state index in [2.05, 4.69) is 4.40 Å². The Kier molecular flexibility index (Phi) is 7.34. The Morgan fingerprint density at radius 2 is 1.52 bits per heavy atom. The van der Waals surface area contributed by atoms with Crippen LogP contribution in [0.5, 0.6) is 0 Å². The highest BCUT2D eigenvalue weighted by Gasteiger charge is 2.49. The first-order valence-corrected chi connectivity index (χ1v) is 10.2. The van der Waals surface area contributed by atoms with Crippen molar-refractivity contribution in [3.63, 3.8) is 0 Å². The smallest absolute Gasteiger partial charge is 0.383 e. The first-order chi connectivity index (χ1) is 13.0. The van der Waals surface area contributed by atoms with Crippen LogP contribution in [0.15, 0.2) is 52.9 Å². The van der Waals surface area contributed by atoms with Crippen LogP contribution < -0.4 is 0 Å². The number of alkyl halides is 6. The fraction of sp³-hybridized carbons (Fsp3) is 0.357. The van der Waals surface area contributed by atoms with Gasteiger partial charge in [-0.25, -0.2) is 4.31 Å². The molecule has 0 N–H and O–H groups in total. The number of sulfonamides is 2. The average Bonchev–Trinajstić information content (AvgIpc) is 2.55. The monoisotopic (exact) mass is 467 g/mol. The van der Waals surface area contributed by atoms with Crippen LogP contribution in [-0.2, 0) is 20.0 Å². The maximum absolute atomic E-state index is 12.6. The zero-order valence-corrected chi connectivity index (χ0v) is 16.4. The van der Waals surface area contributed by atoms with Crippen LogP contribution in [0.2, 0.25) is 0 Å². The lowest BCUT2D eigenvalue weighted by Crippen LogP contribution is -2.35. The molecule has 0 aromatic carbocycles. The zero-order valence-electron chi connectivity index (χ0n) is 14.8. The molecule has 1 heterocycles. The molecule has 0 aromatic heterocycles. The highest BCUT2D eigenvalue weighted by Crippen LogP contribution is 2.30. The summed E-state index contributed by atoms with van der Waals surface area (Å²) in [5.74, 6) is -1.05. The molecule has 0 aliphatic carbocycles. The predicted molar refractivity (Wildman–Crippen MR) is 93.0 cm³/mol. The summed E-state index contributed by atoms with van der Waals surface area (Å²) < 4.78 is 122. The predicted octanol–water partition coefficient (Wildman–Crippen LogP) is 2.72. The summed E-state index contributed by atoms with van der Waals surface area (Å²) in [6.45, 7) is 0. The highest BCUT2D eigenvalue weighted by molar-refractivity contribution is 7.91. The molecule has 29 heavy (non-hydrogen) atoms. The first kappa shape index (κ1) is 24.7. The lowest BCUT2D eigenvalue weighted by molar-refractivity contribution is -0.0469. The van der Waals surface area contributed by atoms with Crippen molar-refractivity contribution in [2.75, 3.05) is 14.1 Å². The van der Waals surface area contributed by atoms with Crippen molar-refractivity contribution >= 4 is 26.3 Å². The van der Waals surface area contributed by atoms with Crippen LogP contribution in [0.25, 0.3) is 0 Å². The summed E-state index contributed by atoms with van der Waals surface area (Å²) in [5.41, 5.74) is -11.4. The van der Waals surface area contributed by atoms with Crippen LogP contribution >= 0.6 is 0 Å². The molecule has 0 atom stereocenters. The molecule has 15 heteroatoms. The molecular formula is C14H15F6N3O4S2. The Morgan fingerprint density at radius 1 is 1.00 bits per heavy atom. The van der Waals surface area contributed by atoms with Crippen molar-refractivity contribution < 1.29 is 43.2 Å². The van der Waals surface area contributed by atoms with E-state index in [0.29, 0.717) is 18.6 Å². The molecular weight excluding hydrogens is 452 g/mol. The van der Waals surface area contributed by atoms with Crippen molar-refractivity contribution in [2.45, 2.75) is 11.0 Å². The first-order valence-electron chi connectivity index (χ1n) is 7.37. The van der Waals surface area contributed by atoms with E-state index >= 15 is 0 Å². The van der Waals surface area contributed by atoms with Crippen molar-refractivity contribution in [2.24, 2.45) is 10.3 Å². The average molecular weight is 467 g/mol. The normalized spacial score (nSPS) is 17.7. The minimum atomic E-state index is -5.84. The summed E-state index contributed by atoms with van der Waals surface area (Å²) in [6, 6.07) is 0. The van der Waals surface area contributed by atoms with Gasteiger partial charge in [0.1, 0.15) is 0 Å². The highest BCUT2D eigenvalue weighted by atomic mass is 32.2. The summed E-state index contributed by atoms with van der Waals surface area (Å²) in [6.07, 6.45) is 7.26. The topological polar surface area (TPSA) is 87.1 Å². The largest absolute Gasteiger partial charge is 0.518 e. The Morgan fingerprint density at radius 3 is 1.93 bits per heavy atom. The van der Waals surface area contributed by atoms with Crippen LogP contribution in [0, 0.1) is 5.92 Å². The molecule has 0 radical (unpaired) electrons. The van der Waals surface area contributed by atoms with Gasteiger partial charge < -0.3 is 4.90 Å². The lowest BCUT2D eigenvalue weighted by atomic mass is 9.98. The number of hydrogen-bond donors (Lipinski definition) is 0. The van der Waals surface area contributed by atoms with Gasteiger partial charge in [0.25, 0.3) is 0 Å². The minimum absolute atomic E-state index is 0.125. The molecule has 7 nitrogen and oxygen atoms in total. The summed E-state index contributed by atoms with van der Waals surface area (Å²) in [4.78, 5) is 1.54. The third-order valence-electron chi connectivity index (χ3n) is 3.14. The van der Waals surface area contributed by atoms with Crippen LogP contribution in [0.4, 0.5) is 26.3 Å². The second kappa shape index (κ2) is 8.61. The molecule has 1 aliphatic rings. The summed E-state index contributed by atoms with van der Waals surface area (Å²) >= 11 is 0. The fourth-order valence-corrected chi connectivity index (χ4v) is 2.81. The van der Waals surface area contributed by atoms with E-state index < -0.39 is 37.0 Å². The van der Waals surface area contributed by atoms with E-state index in [9.17, 15) is 43.2 Å². The molecule has 0 saturated carbocycles. The molecule has 164 valence electrons. The van der Waals surface area contributed by atoms with Gasteiger partial charge in [-0.1, -0.05) is 18.2 Å². The number of hydrogen-bond acceptors (Lipinski definition) is 5. The molecule has 0 bridgehead atoms. The van der Waals surface area contributed by atoms with Gasteiger partial charge >= 0.3 is 31.1 Å². The number of allylic oxidation sites excluding steroid dienone is 5. The van der Waals surface area contributed by atoms with E-state index in [0.717, 1.165) is 12.2 Å². The number of nitrogens with zero attached hydrogens (tertiary/aromatic N) is 3. The molecule has 1 rings (SSSR count). The van der Waals surface area contributed by atoms with Gasteiger partial charge in [0.2, 0.25) is 0 Å². The van der Waals surface area contributed by atoms with E-state index in [4.69, 9.17) is 0 Å². The number of halogens is 6. The Hall–Kier alpha value is -2.29. The standard InChI is InChI=1S/C14H15F6N3O4S2/c1-22(2)7-3-4-12(10-21-28(24,25)13(15,16)17)11-5-8-23(9-6-11)29(26,27)14(18,19)20/h3-11H,1-2H3/b7-3+,12-4-,21-10?. The molecule has 0 unspecified atom stereocenters. The molecule has 0 spiro atoms. The van der Waals surface area contributed by atoms with E-state index in [1.807, 2.05) is 0 Å².